The van der Waals surface area contributed by atoms with E-state index in [0.717, 1.165) is 11.8 Å². The van der Waals surface area contributed by atoms with Crippen molar-refractivity contribution in [2.24, 2.45) is 0 Å². The topological polar surface area (TPSA) is 52.6 Å². The Bertz CT molecular complexity index is 702. The Labute approximate surface area is 137 Å². The van der Waals surface area contributed by atoms with Crippen LogP contribution in [0.15, 0.2) is 53.4 Å². The Morgan fingerprint density at radius 2 is 1.91 bits per heavy atom. The van der Waals surface area contributed by atoms with Crippen molar-refractivity contribution in [2.45, 2.75) is 11.5 Å². The van der Waals surface area contributed by atoms with Crippen LogP contribution in [0.2, 0.25) is 0 Å². The van der Waals surface area contributed by atoms with Crippen LogP contribution in [0.1, 0.15) is 15.9 Å². The summed E-state index contributed by atoms with van der Waals surface area (Å²) in [5, 5.41) is 0. The van der Waals surface area contributed by atoms with Gasteiger partial charge in [-0.25, -0.2) is 9.18 Å². The van der Waals surface area contributed by atoms with Crippen LogP contribution in [0.25, 0.3) is 0 Å². The average Bonchev–Trinajstić information content (AvgIpc) is 2.58. The van der Waals surface area contributed by atoms with E-state index in [-0.39, 0.29) is 18.2 Å². The first-order valence-corrected chi connectivity index (χ1v) is 7.79. The van der Waals surface area contributed by atoms with Gasteiger partial charge in [0.15, 0.2) is 0 Å². The van der Waals surface area contributed by atoms with Gasteiger partial charge in [0.2, 0.25) is 0 Å². The van der Waals surface area contributed by atoms with Crippen LogP contribution < -0.4 is 0 Å². The smallest absolute Gasteiger partial charge is 0.337 e. The molecule has 0 atom stereocenters. The van der Waals surface area contributed by atoms with Gasteiger partial charge in [-0.1, -0.05) is 24.3 Å². The van der Waals surface area contributed by atoms with Crippen LogP contribution in [-0.4, -0.2) is 24.8 Å². The van der Waals surface area contributed by atoms with Gasteiger partial charge in [-0.15, -0.1) is 11.8 Å². The van der Waals surface area contributed by atoms with Crippen molar-refractivity contribution in [3.63, 3.8) is 0 Å². The first-order chi connectivity index (χ1) is 11.1. The largest absolute Gasteiger partial charge is 0.465 e. The lowest BCUT2D eigenvalue weighted by Gasteiger charge is -2.07. The van der Waals surface area contributed by atoms with Crippen LogP contribution in [0.5, 0.6) is 0 Å². The minimum absolute atomic E-state index is 0.0115. The molecule has 23 heavy (non-hydrogen) atoms. The molecule has 0 saturated carbocycles. The summed E-state index contributed by atoms with van der Waals surface area (Å²) in [6.07, 6.45) is 0. The molecule has 0 heterocycles. The van der Waals surface area contributed by atoms with Gasteiger partial charge in [0, 0.05) is 4.90 Å². The van der Waals surface area contributed by atoms with Gasteiger partial charge < -0.3 is 9.47 Å². The molecule has 0 aliphatic carbocycles. The summed E-state index contributed by atoms with van der Waals surface area (Å²) >= 11 is 1.08. The third-order valence-electron chi connectivity index (χ3n) is 2.93. The fourth-order valence-corrected chi connectivity index (χ4v) is 2.55. The number of carbonyl (C=O) groups excluding carboxylic acids is 2. The molecule has 0 radical (unpaired) electrons. The number of hydrogen-bond acceptors (Lipinski definition) is 5. The highest BCUT2D eigenvalue weighted by atomic mass is 32.2. The van der Waals surface area contributed by atoms with E-state index < -0.39 is 11.9 Å². The van der Waals surface area contributed by atoms with Gasteiger partial charge >= 0.3 is 11.9 Å². The molecule has 2 aromatic rings. The van der Waals surface area contributed by atoms with Gasteiger partial charge in [-0.3, -0.25) is 4.79 Å². The second-order valence-corrected chi connectivity index (χ2v) is 5.59. The molecule has 2 aromatic carbocycles. The highest BCUT2D eigenvalue weighted by molar-refractivity contribution is 8.00. The van der Waals surface area contributed by atoms with E-state index in [1.807, 2.05) is 0 Å². The van der Waals surface area contributed by atoms with Gasteiger partial charge in [0.05, 0.1) is 18.4 Å². The minimum atomic E-state index is -0.457. The summed E-state index contributed by atoms with van der Waals surface area (Å²) in [5.74, 6) is -1.26. The van der Waals surface area contributed by atoms with E-state index in [0.29, 0.717) is 16.0 Å². The minimum Gasteiger partial charge on any atom is -0.465 e. The van der Waals surface area contributed by atoms with Gasteiger partial charge in [0.25, 0.3) is 0 Å². The van der Waals surface area contributed by atoms with Gasteiger partial charge in [0.1, 0.15) is 12.4 Å². The lowest BCUT2D eigenvalue weighted by Crippen LogP contribution is -2.08. The van der Waals surface area contributed by atoms with Crippen molar-refractivity contribution in [2.75, 3.05) is 12.9 Å². The number of carbonyl (C=O) groups is 2. The van der Waals surface area contributed by atoms with Crippen molar-refractivity contribution < 1.29 is 23.5 Å². The van der Waals surface area contributed by atoms with Crippen LogP contribution in [0, 0.1) is 5.82 Å². The number of thioether (sulfide) groups is 1. The van der Waals surface area contributed by atoms with Crippen LogP contribution >= 0.6 is 11.8 Å². The average molecular weight is 334 g/mol. The van der Waals surface area contributed by atoms with Gasteiger partial charge in [-0.2, -0.15) is 0 Å². The molecule has 0 fully saturated rings. The molecule has 0 aliphatic heterocycles. The molecule has 0 unspecified atom stereocenters. The van der Waals surface area contributed by atoms with E-state index in [9.17, 15) is 14.0 Å². The maximum absolute atomic E-state index is 13.4. The highest BCUT2D eigenvalue weighted by Crippen LogP contribution is 2.21. The first-order valence-electron chi connectivity index (χ1n) is 6.80. The molecule has 0 amide bonds. The second-order valence-electron chi connectivity index (χ2n) is 4.57. The van der Waals surface area contributed by atoms with Crippen molar-refractivity contribution in [3.05, 3.63) is 65.5 Å². The van der Waals surface area contributed by atoms with E-state index in [1.165, 1.54) is 13.2 Å². The number of rotatable bonds is 6. The number of benzene rings is 2. The Morgan fingerprint density at radius 1 is 1.13 bits per heavy atom. The zero-order valence-electron chi connectivity index (χ0n) is 12.5. The van der Waals surface area contributed by atoms with E-state index in [2.05, 4.69) is 4.74 Å². The summed E-state index contributed by atoms with van der Waals surface area (Å²) in [6.45, 7) is 0.0432. The lowest BCUT2D eigenvalue weighted by atomic mass is 10.1. The Hall–Kier alpha value is -2.34. The predicted molar refractivity (Wildman–Crippen MR) is 84.7 cm³/mol. The molecular formula is C17H15FO4S. The molecule has 0 saturated heterocycles. The van der Waals surface area contributed by atoms with Gasteiger partial charge in [-0.05, 0) is 29.8 Å². The molecule has 2 rings (SSSR count). The molecule has 0 bridgehead atoms. The fourth-order valence-electron chi connectivity index (χ4n) is 1.81. The van der Waals surface area contributed by atoms with Crippen LogP contribution in [0.3, 0.4) is 0 Å². The van der Waals surface area contributed by atoms with E-state index in [1.54, 1.807) is 42.5 Å². The number of ether oxygens (including phenoxy) is 2. The Kier molecular flexibility index (Phi) is 6.17. The number of methoxy groups -OCH3 is 1. The SMILES string of the molecule is COC(=O)c1cccc(COC(=O)CSc2ccccc2F)c1. The van der Waals surface area contributed by atoms with E-state index in [4.69, 9.17) is 4.74 Å². The van der Waals surface area contributed by atoms with E-state index >= 15 is 0 Å². The number of hydrogen-bond donors (Lipinski definition) is 0. The standard InChI is InChI=1S/C17H15FO4S/c1-21-17(20)13-6-4-5-12(9-13)10-22-16(19)11-23-15-8-3-2-7-14(15)18/h2-9H,10-11H2,1H3. The number of halogens is 1. The molecule has 0 spiro atoms. The Morgan fingerprint density at radius 3 is 2.65 bits per heavy atom. The third-order valence-corrected chi connectivity index (χ3v) is 3.95. The summed E-state index contributed by atoms with van der Waals surface area (Å²) in [4.78, 5) is 23.5. The van der Waals surface area contributed by atoms with Crippen LogP contribution in [0.4, 0.5) is 4.39 Å². The molecule has 4 nitrogen and oxygen atoms in total. The summed E-state index contributed by atoms with van der Waals surface area (Å²) in [6, 6.07) is 12.9. The predicted octanol–water partition coefficient (Wildman–Crippen LogP) is 3.45. The lowest BCUT2D eigenvalue weighted by molar-refractivity contribution is -0.141. The summed E-state index contributed by atoms with van der Waals surface area (Å²) in [5.41, 5.74) is 1.07. The fraction of sp³-hybridized carbons (Fsp3) is 0.176. The first kappa shape index (κ1) is 17.0. The molecule has 0 aromatic heterocycles. The Balaban J connectivity index is 1.85. The molecular weight excluding hydrogens is 319 g/mol. The highest BCUT2D eigenvalue weighted by Gasteiger charge is 2.09. The number of esters is 2. The molecule has 0 N–H and O–H groups in total. The maximum atomic E-state index is 13.4. The summed E-state index contributed by atoms with van der Waals surface area (Å²) < 4.78 is 23.2. The second kappa shape index (κ2) is 8.33. The molecule has 6 heteroatoms. The quantitative estimate of drug-likeness (QED) is 0.598. The normalized spacial score (nSPS) is 10.2. The molecule has 0 aliphatic rings. The third kappa shape index (κ3) is 5.10. The summed E-state index contributed by atoms with van der Waals surface area (Å²) in [7, 11) is 1.30. The maximum Gasteiger partial charge on any atom is 0.337 e. The van der Waals surface area contributed by atoms with Crippen molar-refractivity contribution in [3.8, 4) is 0 Å². The zero-order chi connectivity index (χ0) is 16.7. The monoisotopic (exact) mass is 334 g/mol. The van der Waals surface area contributed by atoms with Crippen molar-refractivity contribution in [1.82, 2.24) is 0 Å². The molecule has 120 valence electrons. The van der Waals surface area contributed by atoms with Crippen molar-refractivity contribution >= 4 is 23.7 Å². The zero-order valence-corrected chi connectivity index (χ0v) is 13.3. The van der Waals surface area contributed by atoms with Crippen molar-refractivity contribution in [1.29, 1.82) is 0 Å². The van der Waals surface area contributed by atoms with Crippen LogP contribution in [-0.2, 0) is 20.9 Å².